The molecule has 0 aliphatic heterocycles. The minimum absolute atomic E-state index is 0.560. The van der Waals surface area contributed by atoms with Gasteiger partial charge in [0.15, 0.2) is 6.61 Å². The summed E-state index contributed by atoms with van der Waals surface area (Å²) in [5.41, 5.74) is -2.60. The number of rotatable bonds is 4. The molecule has 0 spiro atoms. The fourth-order valence-corrected chi connectivity index (χ4v) is 1.89. The van der Waals surface area contributed by atoms with Crippen LogP contribution < -0.4 is 0 Å². The molecular formula is C13H15F3O5S. The maximum Gasteiger partial charge on any atom is 0.523 e. The molecule has 5 nitrogen and oxygen atoms in total. The topological polar surface area (TPSA) is 69.7 Å². The summed E-state index contributed by atoms with van der Waals surface area (Å²) in [5, 5.41) is 0. The van der Waals surface area contributed by atoms with Crippen LogP contribution in [0.4, 0.5) is 13.2 Å². The van der Waals surface area contributed by atoms with Gasteiger partial charge >= 0.3 is 21.6 Å². The van der Waals surface area contributed by atoms with Gasteiger partial charge in [-0.3, -0.25) is 4.18 Å². The second-order valence-corrected chi connectivity index (χ2v) is 6.30. The number of hydrogen-bond donors (Lipinski definition) is 0. The fourth-order valence-electron chi connectivity index (χ4n) is 1.50. The van der Waals surface area contributed by atoms with Crippen molar-refractivity contribution in [1.29, 1.82) is 0 Å². The normalized spacial score (nSPS) is 16.1. The maximum absolute atomic E-state index is 11.7. The third kappa shape index (κ3) is 5.64. The smallest absolute Gasteiger partial charge is 0.461 e. The highest BCUT2D eigenvalue weighted by Gasteiger charge is 2.47. The van der Waals surface area contributed by atoms with Crippen LogP contribution in [0.25, 0.3) is 0 Å². The van der Waals surface area contributed by atoms with Crippen molar-refractivity contribution < 1.29 is 35.3 Å². The Morgan fingerprint density at radius 3 is 2.00 bits per heavy atom. The van der Waals surface area contributed by atoms with Gasteiger partial charge in [-0.1, -0.05) is 24.3 Å². The summed E-state index contributed by atoms with van der Waals surface area (Å²) in [4.78, 5) is 10.6. The van der Waals surface area contributed by atoms with E-state index in [4.69, 9.17) is 0 Å². The number of fused-ring (bicyclic) bond motifs is 2. The van der Waals surface area contributed by atoms with Gasteiger partial charge in [0, 0.05) is 0 Å². The molecule has 2 rings (SSSR count). The Labute approximate surface area is 126 Å². The van der Waals surface area contributed by atoms with Crippen molar-refractivity contribution in [1.82, 2.24) is 0 Å². The third-order valence-corrected chi connectivity index (χ3v) is 3.41. The summed E-state index contributed by atoms with van der Waals surface area (Å²) >= 11 is 0. The lowest BCUT2D eigenvalue weighted by molar-refractivity contribution is -0.150. The van der Waals surface area contributed by atoms with Gasteiger partial charge in [-0.2, -0.15) is 21.6 Å². The molecule has 9 heteroatoms. The molecule has 0 aromatic heterocycles. The maximum atomic E-state index is 11.7. The monoisotopic (exact) mass is 340 g/mol. The van der Waals surface area contributed by atoms with Crippen molar-refractivity contribution in [3.8, 4) is 0 Å². The molecule has 0 radical (unpaired) electrons. The summed E-state index contributed by atoms with van der Waals surface area (Å²) in [5.74, 6) is -1.18. The first-order chi connectivity index (χ1) is 10.0. The number of carbonyl (C=O) groups excluding carboxylic acids is 1. The molecule has 2 bridgehead atoms. The van der Waals surface area contributed by atoms with Gasteiger partial charge in [0.25, 0.3) is 0 Å². The van der Waals surface area contributed by atoms with E-state index < -0.39 is 34.3 Å². The highest BCUT2D eigenvalue weighted by molar-refractivity contribution is 7.87. The Bertz CT molecular complexity index is 592. The van der Waals surface area contributed by atoms with Crippen molar-refractivity contribution in [2.45, 2.75) is 31.9 Å². The lowest BCUT2D eigenvalue weighted by Gasteiger charge is -2.09. The minimum atomic E-state index is -5.73. The summed E-state index contributed by atoms with van der Waals surface area (Å²) in [6.45, 7) is 1.62. The van der Waals surface area contributed by atoms with Crippen LogP contribution >= 0.6 is 0 Å². The van der Waals surface area contributed by atoms with E-state index >= 15 is 0 Å². The molecule has 0 aromatic rings. The van der Waals surface area contributed by atoms with E-state index in [-0.39, 0.29) is 0 Å². The molecule has 124 valence electrons. The van der Waals surface area contributed by atoms with Gasteiger partial charge in [0.2, 0.25) is 0 Å². The lowest BCUT2D eigenvalue weighted by atomic mass is 10.3. The van der Waals surface area contributed by atoms with Crippen LogP contribution in [0.5, 0.6) is 0 Å². The molecule has 2 aliphatic rings. The highest BCUT2D eigenvalue weighted by atomic mass is 32.2. The van der Waals surface area contributed by atoms with Crippen LogP contribution in [-0.2, 0) is 23.8 Å². The van der Waals surface area contributed by atoms with Crippen molar-refractivity contribution in [2.75, 3.05) is 6.61 Å². The van der Waals surface area contributed by atoms with Gasteiger partial charge in [-0.15, -0.1) is 0 Å². The second-order valence-electron chi connectivity index (χ2n) is 4.69. The van der Waals surface area contributed by atoms with Gasteiger partial charge in [0.1, 0.15) is 0 Å². The molecule has 0 saturated heterocycles. The van der Waals surface area contributed by atoms with Crippen molar-refractivity contribution in [2.24, 2.45) is 0 Å². The Balaban J connectivity index is 0.000000279. The number of halogens is 3. The molecule has 0 unspecified atom stereocenters. The summed E-state index contributed by atoms with van der Waals surface area (Å²) in [6, 6.07) is 0. The average Bonchev–Trinajstić information content (AvgIpc) is 2.99. The van der Waals surface area contributed by atoms with Crippen molar-refractivity contribution in [3.05, 3.63) is 35.5 Å². The van der Waals surface area contributed by atoms with Crippen LogP contribution in [0.1, 0.15) is 20.3 Å². The SMILES string of the molecule is C1=CC2=CC=C1C2.CC(C)OC(=O)COS(=O)(=O)C(F)(F)F. The predicted octanol–water partition coefficient (Wildman–Crippen LogP) is 2.62. The molecule has 0 amide bonds. The molecule has 2 aliphatic carbocycles. The van der Waals surface area contributed by atoms with E-state index in [1.807, 2.05) is 0 Å². The number of hydrogen-bond acceptors (Lipinski definition) is 5. The van der Waals surface area contributed by atoms with E-state index in [2.05, 4.69) is 33.2 Å². The molecule has 0 N–H and O–H groups in total. The van der Waals surface area contributed by atoms with Gasteiger partial charge < -0.3 is 4.74 Å². The average molecular weight is 340 g/mol. The Kier molecular flexibility index (Phi) is 5.95. The number of carbonyl (C=O) groups is 1. The van der Waals surface area contributed by atoms with E-state index in [1.165, 1.54) is 31.4 Å². The van der Waals surface area contributed by atoms with Gasteiger partial charge in [0.05, 0.1) is 6.10 Å². The Morgan fingerprint density at radius 2 is 1.73 bits per heavy atom. The summed E-state index contributed by atoms with van der Waals surface area (Å²) in [7, 11) is -5.73. The third-order valence-electron chi connectivity index (χ3n) is 2.41. The van der Waals surface area contributed by atoms with E-state index in [0.717, 1.165) is 0 Å². The van der Waals surface area contributed by atoms with Gasteiger partial charge in [-0.05, 0) is 31.4 Å². The molecule has 0 heterocycles. The summed E-state index contributed by atoms with van der Waals surface area (Å²) < 4.78 is 63.4. The molecule has 22 heavy (non-hydrogen) atoms. The zero-order chi connectivity index (χ0) is 17.0. The standard InChI is InChI=1S/C7H6.C6H9F3O5S/c1-2-7-4-3-6(1)5-7;1-4(2)14-5(10)3-13-15(11,12)6(7,8)9/h1-4H,5H2;4H,3H2,1-2H3. The van der Waals surface area contributed by atoms with Crippen LogP contribution in [0.3, 0.4) is 0 Å². The van der Waals surface area contributed by atoms with Crippen molar-refractivity contribution in [3.63, 3.8) is 0 Å². The first-order valence-electron chi connectivity index (χ1n) is 6.24. The Hall–Kier alpha value is -1.61. The minimum Gasteiger partial charge on any atom is -0.461 e. The zero-order valence-electron chi connectivity index (χ0n) is 11.9. The summed E-state index contributed by atoms with van der Waals surface area (Å²) in [6.07, 6.45) is 9.34. The first-order valence-corrected chi connectivity index (χ1v) is 7.65. The second kappa shape index (κ2) is 7.10. The number of allylic oxidation sites excluding steroid dienone is 6. The van der Waals surface area contributed by atoms with E-state index in [0.29, 0.717) is 0 Å². The van der Waals surface area contributed by atoms with Crippen LogP contribution in [0, 0.1) is 0 Å². The van der Waals surface area contributed by atoms with Gasteiger partial charge in [-0.25, -0.2) is 4.79 Å². The molecule has 0 atom stereocenters. The quantitative estimate of drug-likeness (QED) is 0.447. The number of ether oxygens (including phenoxy) is 1. The molecular weight excluding hydrogens is 325 g/mol. The zero-order valence-corrected chi connectivity index (χ0v) is 12.7. The Morgan fingerprint density at radius 1 is 1.23 bits per heavy atom. The van der Waals surface area contributed by atoms with E-state index in [1.54, 1.807) is 0 Å². The lowest BCUT2D eigenvalue weighted by Crippen LogP contribution is -2.28. The van der Waals surface area contributed by atoms with E-state index in [9.17, 15) is 26.4 Å². The first kappa shape index (κ1) is 18.4. The van der Waals surface area contributed by atoms with Crippen LogP contribution in [-0.4, -0.2) is 32.6 Å². The fraction of sp³-hybridized carbons (Fsp3) is 0.462. The van der Waals surface area contributed by atoms with Crippen molar-refractivity contribution >= 4 is 16.1 Å². The largest absolute Gasteiger partial charge is 0.523 e. The molecule has 0 saturated carbocycles. The highest BCUT2D eigenvalue weighted by Crippen LogP contribution is 2.27. The molecule has 0 fully saturated rings. The van der Waals surface area contributed by atoms with Crippen LogP contribution in [0.15, 0.2) is 35.5 Å². The molecule has 0 aromatic carbocycles. The number of alkyl halides is 3. The van der Waals surface area contributed by atoms with Crippen LogP contribution in [0.2, 0.25) is 0 Å². The number of esters is 1. The predicted molar refractivity (Wildman–Crippen MR) is 72.1 cm³/mol.